The fourth-order valence-corrected chi connectivity index (χ4v) is 2.77. The van der Waals surface area contributed by atoms with E-state index >= 15 is 0 Å². The van der Waals surface area contributed by atoms with E-state index in [9.17, 15) is 5.02 Å². The van der Waals surface area contributed by atoms with Gasteiger partial charge in [-0.25, -0.2) is 0 Å². The van der Waals surface area contributed by atoms with Crippen LogP contribution in [0.4, 0.5) is 0 Å². The Morgan fingerprint density at radius 2 is 1.84 bits per heavy atom. The number of hydrogen-bond acceptors (Lipinski definition) is 3. The molecule has 3 nitrogen and oxygen atoms in total. The molecule has 104 valence electrons. The van der Waals surface area contributed by atoms with E-state index in [1.807, 2.05) is 30.3 Å². The molecule has 0 spiro atoms. The van der Waals surface area contributed by atoms with Gasteiger partial charge >= 0.3 is 7.32 Å². The van der Waals surface area contributed by atoms with E-state index < -0.39 is 7.32 Å². The molecule has 1 fully saturated rings. The van der Waals surface area contributed by atoms with Crippen LogP contribution in [0.2, 0.25) is 0 Å². The summed E-state index contributed by atoms with van der Waals surface area (Å²) in [7, 11) is -1.16. The van der Waals surface area contributed by atoms with Crippen LogP contribution in [-0.4, -0.2) is 18.4 Å². The highest BCUT2D eigenvalue weighted by atomic mass is 16.7. The Bertz CT molecular complexity index is 350. The van der Waals surface area contributed by atoms with Gasteiger partial charge in [0.15, 0.2) is 0 Å². The van der Waals surface area contributed by atoms with E-state index in [-0.39, 0.29) is 6.10 Å². The smallest absolute Gasteiger partial charge is 0.512 e. The average molecular weight is 262 g/mol. The largest absolute Gasteiger partial charge is 0.710 e. The van der Waals surface area contributed by atoms with Crippen LogP contribution in [0.3, 0.4) is 0 Å². The van der Waals surface area contributed by atoms with Crippen molar-refractivity contribution in [2.45, 2.75) is 51.6 Å². The van der Waals surface area contributed by atoms with Crippen molar-refractivity contribution in [3.05, 3.63) is 30.3 Å². The summed E-state index contributed by atoms with van der Waals surface area (Å²) in [4.78, 5) is 0. The second kappa shape index (κ2) is 7.56. The zero-order valence-electron chi connectivity index (χ0n) is 11.6. The molecule has 0 atom stereocenters. The van der Waals surface area contributed by atoms with Crippen LogP contribution >= 0.6 is 0 Å². The molecular formula is C15H23BO3. The summed E-state index contributed by atoms with van der Waals surface area (Å²) in [5.74, 6) is 1.48. The third-order valence-electron chi connectivity index (χ3n) is 3.78. The molecule has 0 aliphatic heterocycles. The van der Waals surface area contributed by atoms with Crippen molar-refractivity contribution in [2.24, 2.45) is 5.92 Å². The molecule has 0 radical (unpaired) electrons. The summed E-state index contributed by atoms with van der Waals surface area (Å²) in [6.45, 7) is 2.24. The molecule has 0 unspecified atom stereocenters. The quantitative estimate of drug-likeness (QED) is 0.798. The second-order valence-corrected chi connectivity index (χ2v) is 5.31. The van der Waals surface area contributed by atoms with Crippen molar-refractivity contribution >= 4 is 7.32 Å². The minimum absolute atomic E-state index is 0.131. The van der Waals surface area contributed by atoms with Crippen LogP contribution in [0.5, 0.6) is 5.75 Å². The van der Waals surface area contributed by atoms with E-state index in [0.29, 0.717) is 5.75 Å². The highest BCUT2D eigenvalue weighted by molar-refractivity contribution is 6.35. The first kappa shape index (κ1) is 14.4. The van der Waals surface area contributed by atoms with Gasteiger partial charge in [-0.1, -0.05) is 38.0 Å². The summed E-state index contributed by atoms with van der Waals surface area (Å²) < 4.78 is 10.9. The Balaban J connectivity index is 1.70. The van der Waals surface area contributed by atoms with Gasteiger partial charge in [0, 0.05) is 6.10 Å². The van der Waals surface area contributed by atoms with Gasteiger partial charge in [0.2, 0.25) is 0 Å². The molecule has 0 aromatic heterocycles. The molecule has 1 saturated carbocycles. The predicted octanol–water partition coefficient (Wildman–Crippen LogP) is 3.42. The van der Waals surface area contributed by atoms with E-state index in [1.165, 1.54) is 25.7 Å². The zero-order valence-corrected chi connectivity index (χ0v) is 11.6. The molecule has 0 bridgehead atoms. The standard InChI is InChI=1S/C15H23BO3/c1-2-6-13-9-11-15(12-10-13)19-16(17)18-14-7-4-3-5-8-14/h3-5,7-8,13,15,17H,2,6,9-12H2,1H3. The predicted molar refractivity (Wildman–Crippen MR) is 76.8 cm³/mol. The van der Waals surface area contributed by atoms with Gasteiger partial charge < -0.3 is 14.3 Å². The van der Waals surface area contributed by atoms with Gasteiger partial charge in [0.1, 0.15) is 5.75 Å². The van der Waals surface area contributed by atoms with E-state index in [4.69, 9.17) is 9.31 Å². The van der Waals surface area contributed by atoms with Gasteiger partial charge in [-0.05, 0) is 43.7 Å². The molecule has 0 heterocycles. The molecule has 19 heavy (non-hydrogen) atoms. The highest BCUT2D eigenvalue weighted by Crippen LogP contribution is 2.29. The molecule has 1 aliphatic rings. The second-order valence-electron chi connectivity index (χ2n) is 5.31. The first-order chi connectivity index (χ1) is 9.28. The van der Waals surface area contributed by atoms with Gasteiger partial charge in [0.25, 0.3) is 0 Å². The van der Waals surface area contributed by atoms with Crippen molar-refractivity contribution in [1.82, 2.24) is 0 Å². The van der Waals surface area contributed by atoms with Crippen molar-refractivity contribution < 1.29 is 14.3 Å². The summed E-state index contributed by atoms with van der Waals surface area (Å²) in [6.07, 6.45) is 7.17. The highest BCUT2D eigenvalue weighted by Gasteiger charge is 2.27. The normalized spacial score (nSPS) is 23.1. The topological polar surface area (TPSA) is 38.7 Å². The number of benzene rings is 1. The van der Waals surface area contributed by atoms with Crippen molar-refractivity contribution in [2.75, 3.05) is 0 Å². The molecule has 0 amide bonds. The number of hydrogen-bond donors (Lipinski definition) is 1. The lowest BCUT2D eigenvalue weighted by atomic mass is 9.84. The molecule has 1 N–H and O–H groups in total. The lowest BCUT2D eigenvalue weighted by molar-refractivity contribution is 0.0789. The number of rotatable bonds is 6. The first-order valence-corrected chi connectivity index (χ1v) is 7.33. The van der Waals surface area contributed by atoms with Gasteiger partial charge in [-0.2, -0.15) is 0 Å². The van der Waals surface area contributed by atoms with Gasteiger partial charge in [0.05, 0.1) is 0 Å². The first-order valence-electron chi connectivity index (χ1n) is 7.33. The fraction of sp³-hybridized carbons (Fsp3) is 0.600. The maximum Gasteiger partial charge on any atom is 0.710 e. The Morgan fingerprint density at radius 3 is 2.47 bits per heavy atom. The Kier molecular flexibility index (Phi) is 5.74. The Hall–Kier alpha value is -0.995. The summed E-state index contributed by atoms with van der Waals surface area (Å²) in [5.41, 5.74) is 0. The molecular weight excluding hydrogens is 239 g/mol. The van der Waals surface area contributed by atoms with Crippen molar-refractivity contribution in [1.29, 1.82) is 0 Å². The van der Waals surface area contributed by atoms with Gasteiger partial charge in [-0.15, -0.1) is 0 Å². The Morgan fingerprint density at radius 1 is 1.16 bits per heavy atom. The maximum absolute atomic E-state index is 9.78. The van der Waals surface area contributed by atoms with Crippen LogP contribution in [0.1, 0.15) is 45.4 Å². The molecule has 2 rings (SSSR count). The molecule has 1 aliphatic carbocycles. The monoisotopic (exact) mass is 262 g/mol. The zero-order chi connectivity index (χ0) is 13.5. The van der Waals surface area contributed by atoms with E-state index in [2.05, 4.69) is 6.92 Å². The SMILES string of the molecule is CCCC1CCC(OB(O)Oc2ccccc2)CC1. The maximum atomic E-state index is 9.78. The molecule has 1 aromatic rings. The van der Waals surface area contributed by atoms with Crippen LogP contribution < -0.4 is 4.65 Å². The summed E-state index contributed by atoms with van der Waals surface area (Å²) in [6, 6.07) is 9.28. The lowest BCUT2D eigenvalue weighted by Gasteiger charge is -2.28. The van der Waals surface area contributed by atoms with Crippen LogP contribution in [0, 0.1) is 5.92 Å². The molecule has 4 heteroatoms. The Labute approximate surface area is 116 Å². The van der Waals surface area contributed by atoms with Crippen LogP contribution in [-0.2, 0) is 4.65 Å². The van der Waals surface area contributed by atoms with Gasteiger partial charge in [-0.3, -0.25) is 0 Å². The average Bonchev–Trinajstić information content (AvgIpc) is 2.42. The van der Waals surface area contributed by atoms with E-state index in [1.54, 1.807) is 0 Å². The minimum atomic E-state index is -1.16. The molecule has 0 saturated heterocycles. The third kappa shape index (κ3) is 4.88. The minimum Gasteiger partial charge on any atom is -0.512 e. The van der Waals surface area contributed by atoms with Crippen molar-refractivity contribution in [3.63, 3.8) is 0 Å². The number of para-hydroxylation sites is 1. The van der Waals surface area contributed by atoms with E-state index in [0.717, 1.165) is 18.8 Å². The summed E-state index contributed by atoms with van der Waals surface area (Å²) in [5, 5.41) is 9.78. The summed E-state index contributed by atoms with van der Waals surface area (Å²) >= 11 is 0. The fourth-order valence-electron chi connectivity index (χ4n) is 2.77. The van der Waals surface area contributed by atoms with Crippen LogP contribution in [0.25, 0.3) is 0 Å². The third-order valence-corrected chi connectivity index (χ3v) is 3.78. The molecule has 1 aromatic carbocycles. The van der Waals surface area contributed by atoms with Crippen molar-refractivity contribution in [3.8, 4) is 5.75 Å². The van der Waals surface area contributed by atoms with Crippen LogP contribution in [0.15, 0.2) is 30.3 Å². The lowest BCUT2D eigenvalue weighted by Crippen LogP contribution is -2.34.